The van der Waals surface area contributed by atoms with Crippen LogP contribution in [0.25, 0.3) is 0 Å². The van der Waals surface area contributed by atoms with Crippen LogP contribution in [0.4, 0.5) is 0 Å². The van der Waals surface area contributed by atoms with E-state index in [-0.39, 0.29) is 22.9 Å². The van der Waals surface area contributed by atoms with Crippen molar-refractivity contribution in [2.75, 3.05) is 13.6 Å². The Balaban J connectivity index is 1.87. The molecule has 0 aliphatic carbocycles. The van der Waals surface area contributed by atoms with Crippen LogP contribution in [0.5, 0.6) is 5.75 Å². The van der Waals surface area contributed by atoms with Crippen molar-refractivity contribution in [1.82, 2.24) is 14.8 Å². The highest BCUT2D eigenvalue weighted by atomic mass is 35.5. The summed E-state index contributed by atoms with van der Waals surface area (Å²) in [6.45, 7) is 1.46. The summed E-state index contributed by atoms with van der Waals surface area (Å²) in [6.07, 6.45) is 1.51. The van der Waals surface area contributed by atoms with E-state index in [9.17, 15) is 14.7 Å². The number of halogens is 1. The number of aromatic hydroxyl groups is 1. The number of rotatable bonds is 3. The Morgan fingerprint density at radius 3 is 2.65 bits per heavy atom. The standard InChI is InChI=1S/C16H16ClN3O3/c1-18-15(22)12-9-19-6-7-20(16(23)13(19)14(12)21)8-10-2-4-11(17)5-3-10/h2-5,9,21H,6-8H2,1H3,(H,18,22). The van der Waals surface area contributed by atoms with Gasteiger partial charge < -0.3 is 19.9 Å². The van der Waals surface area contributed by atoms with Crippen LogP contribution in [0.15, 0.2) is 30.5 Å². The van der Waals surface area contributed by atoms with Gasteiger partial charge in [0.05, 0.1) is 5.56 Å². The zero-order valence-corrected chi connectivity index (χ0v) is 13.3. The second-order valence-corrected chi connectivity index (χ2v) is 5.80. The van der Waals surface area contributed by atoms with Crippen LogP contribution >= 0.6 is 11.6 Å². The van der Waals surface area contributed by atoms with Crippen LogP contribution in [-0.2, 0) is 13.1 Å². The molecular formula is C16H16ClN3O3. The molecule has 0 fully saturated rings. The average molecular weight is 334 g/mol. The molecule has 2 amide bonds. The molecular weight excluding hydrogens is 318 g/mol. The lowest BCUT2D eigenvalue weighted by Crippen LogP contribution is -2.39. The molecule has 0 radical (unpaired) electrons. The maximum atomic E-state index is 12.6. The zero-order valence-electron chi connectivity index (χ0n) is 12.5. The third-order valence-electron chi connectivity index (χ3n) is 3.91. The average Bonchev–Trinajstić information content (AvgIpc) is 2.89. The Morgan fingerprint density at radius 1 is 1.30 bits per heavy atom. The monoisotopic (exact) mass is 333 g/mol. The zero-order chi connectivity index (χ0) is 16.6. The van der Waals surface area contributed by atoms with Crippen molar-refractivity contribution in [2.45, 2.75) is 13.1 Å². The van der Waals surface area contributed by atoms with Gasteiger partial charge in [-0.1, -0.05) is 23.7 Å². The van der Waals surface area contributed by atoms with Gasteiger partial charge in [-0.25, -0.2) is 0 Å². The minimum atomic E-state index is -0.415. The first-order valence-corrected chi connectivity index (χ1v) is 7.57. The van der Waals surface area contributed by atoms with Gasteiger partial charge in [0.2, 0.25) is 0 Å². The second-order valence-electron chi connectivity index (χ2n) is 5.37. The third kappa shape index (κ3) is 2.77. The first-order chi connectivity index (χ1) is 11.0. The van der Waals surface area contributed by atoms with Crippen molar-refractivity contribution >= 4 is 23.4 Å². The smallest absolute Gasteiger partial charge is 0.274 e. The lowest BCUT2D eigenvalue weighted by atomic mass is 10.1. The number of hydrogen-bond acceptors (Lipinski definition) is 3. The fourth-order valence-electron chi connectivity index (χ4n) is 2.69. The van der Waals surface area contributed by atoms with Crippen LogP contribution in [0.2, 0.25) is 5.02 Å². The van der Waals surface area contributed by atoms with E-state index in [4.69, 9.17) is 11.6 Å². The third-order valence-corrected chi connectivity index (χ3v) is 4.16. The van der Waals surface area contributed by atoms with Crippen molar-refractivity contribution in [3.05, 3.63) is 52.3 Å². The van der Waals surface area contributed by atoms with E-state index < -0.39 is 5.91 Å². The van der Waals surface area contributed by atoms with Gasteiger partial charge >= 0.3 is 0 Å². The SMILES string of the molecule is CNC(=O)c1cn2c(c1O)C(=O)N(Cc1ccc(Cl)cc1)CC2. The molecule has 1 aromatic carbocycles. The molecule has 1 aliphatic heterocycles. The fraction of sp³-hybridized carbons (Fsp3) is 0.250. The molecule has 1 aromatic heterocycles. The predicted molar refractivity (Wildman–Crippen MR) is 85.7 cm³/mol. The molecule has 0 saturated carbocycles. The largest absolute Gasteiger partial charge is 0.505 e. The highest BCUT2D eigenvalue weighted by molar-refractivity contribution is 6.30. The van der Waals surface area contributed by atoms with Gasteiger partial charge in [-0.3, -0.25) is 9.59 Å². The molecule has 0 saturated heterocycles. The van der Waals surface area contributed by atoms with Gasteiger partial charge in [0, 0.05) is 37.9 Å². The van der Waals surface area contributed by atoms with Gasteiger partial charge in [-0.05, 0) is 17.7 Å². The number of carbonyl (C=O) groups is 2. The maximum Gasteiger partial charge on any atom is 0.274 e. The Bertz CT molecular complexity index is 768. The normalized spacial score (nSPS) is 13.8. The van der Waals surface area contributed by atoms with E-state index in [2.05, 4.69) is 5.32 Å². The lowest BCUT2D eigenvalue weighted by Gasteiger charge is -2.28. The number of aromatic nitrogens is 1. The highest BCUT2D eigenvalue weighted by Gasteiger charge is 2.31. The molecule has 6 nitrogen and oxygen atoms in total. The number of nitrogens with one attached hydrogen (secondary N) is 1. The second kappa shape index (κ2) is 5.96. The molecule has 0 atom stereocenters. The topological polar surface area (TPSA) is 74.6 Å². The fourth-order valence-corrected chi connectivity index (χ4v) is 2.81. The summed E-state index contributed by atoms with van der Waals surface area (Å²) in [4.78, 5) is 26.0. The van der Waals surface area contributed by atoms with Crippen LogP contribution in [0.3, 0.4) is 0 Å². The van der Waals surface area contributed by atoms with Crippen molar-refractivity contribution in [1.29, 1.82) is 0 Å². The van der Waals surface area contributed by atoms with Crippen LogP contribution in [-0.4, -0.2) is 40.0 Å². The van der Waals surface area contributed by atoms with E-state index in [1.54, 1.807) is 21.6 Å². The molecule has 2 aromatic rings. The van der Waals surface area contributed by atoms with Gasteiger partial charge in [0.15, 0.2) is 11.4 Å². The number of nitrogens with zero attached hydrogens (tertiary/aromatic N) is 2. The highest BCUT2D eigenvalue weighted by Crippen LogP contribution is 2.29. The van der Waals surface area contributed by atoms with Gasteiger partial charge in [-0.2, -0.15) is 0 Å². The molecule has 0 spiro atoms. The molecule has 23 heavy (non-hydrogen) atoms. The van der Waals surface area contributed by atoms with Crippen molar-refractivity contribution < 1.29 is 14.7 Å². The van der Waals surface area contributed by atoms with Crippen LogP contribution in [0, 0.1) is 0 Å². The van der Waals surface area contributed by atoms with Gasteiger partial charge in [0.1, 0.15) is 0 Å². The predicted octanol–water partition coefficient (Wildman–Crippen LogP) is 1.86. The summed E-state index contributed by atoms with van der Waals surface area (Å²) in [6, 6.07) is 7.27. The van der Waals surface area contributed by atoms with Gasteiger partial charge in [-0.15, -0.1) is 0 Å². The first-order valence-electron chi connectivity index (χ1n) is 7.19. The summed E-state index contributed by atoms with van der Waals surface area (Å²) in [7, 11) is 1.48. The van der Waals surface area contributed by atoms with Crippen molar-refractivity contribution in [3.63, 3.8) is 0 Å². The first kappa shape index (κ1) is 15.4. The summed E-state index contributed by atoms with van der Waals surface area (Å²) >= 11 is 5.86. The Morgan fingerprint density at radius 2 is 2.00 bits per heavy atom. The summed E-state index contributed by atoms with van der Waals surface area (Å²) in [5, 5.41) is 13.3. The minimum absolute atomic E-state index is 0.115. The van der Waals surface area contributed by atoms with Gasteiger partial charge in [0.25, 0.3) is 11.8 Å². The van der Waals surface area contributed by atoms with E-state index >= 15 is 0 Å². The Labute approximate surface area is 138 Å². The lowest BCUT2D eigenvalue weighted by molar-refractivity contribution is 0.0687. The molecule has 2 N–H and O–H groups in total. The Hall–Kier alpha value is -2.47. The molecule has 0 bridgehead atoms. The van der Waals surface area contributed by atoms with Crippen LogP contribution < -0.4 is 5.32 Å². The Kier molecular flexibility index (Phi) is 4.00. The molecule has 0 unspecified atom stereocenters. The van der Waals surface area contributed by atoms with Crippen LogP contribution in [0.1, 0.15) is 26.4 Å². The molecule has 1 aliphatic rings. The number of carbonyl (C=O) groups excluding carboxylic acids is 2. The number of amides is 2. The summed E-state index contributed by atoms with van der Waals surface area (Å²) in [5.74, 6) is -0.976. The number of hydrogen-bond donors (Lipinski definition) is 2. The summed E-state index contributed by atoms with van der Waals surface area (Å²) in [5.41, 5.74) is 1.22. The number of benzene rings is 1. The van der Waals surface area contributed by atoms with E-state index in [0.29, 0.717) is 24.7 Å². The van der Waals surface area contributed by atoms with E-state index in [1.807, 2.05) is 12.1 Å². The number of fused-ring (bicyclic) bond motifs is 1. The molecule has 7 heteroatoms. The van der Waals surface area contributed by atoms with Crippen molar-refractivity contribution in [2.24, 2.45) is 0 Å². The molecule has 120 valence electrons. The van der Waals surface area contributed by atoms with Crippen molar-refractivity contribution in [3.8, 4) is 5.75 Å². The quantitative estimate of drug-likeness (QED) is 0.900. The molecule has 3 rings (SSSR count). The molecule has 2 heterocycles. The van der Waals surface area contributed by atoms with E-state index in [1.165, 1.54) is 13.2 Å². The summed E-state index contributed by atoms with van der Waals surface area (Å²) < 4.78 is 1.63. The maximum absolute atomic E-state index is 12.6. The van der Waals surface area contributed by atoms with E-state index in [0.717, 1.165) is 5.56 Å². The minimum Gasteiger partial charge on any atom is -0.505 e.